The van der Waals surface area contributed by atoms with Crippen molar-refractivity contribution in [2.75, 3.05) is 16.8 Å². The molecule has 1 saturated heterocycles. The molecule has 0 radical (unpaired) electrons. The number of hydrogen-bond donors (Lipinski definition) is 2. The van der Waals surface area contributed by atoms with E-state index in [1.807, 2.05) is 38.1 Å². The van der Waals surface area contributed by atoms with Crippen LogP contribution >= 0.6 is 0 Å². The van der Waals surface area contributed by atoms with Gasteiger partial charge >= 0.3 is 0 Å². The van der Waals surface area contributed by atoms with Crippen LogP contribution in [0.5, 0.6) is 0 Å². The molecule has 0 unspecified atom stereocenters. The van der Waals surface area contributed by atoms with Gasteiger partial charge in [-0.15, -0.1) is 0 Å². The summed E-state index contributed by atoms with van der Waals surface area (Å²) in [5, 5.41) is 5.87. The molecule has 1 saturated carbocycles. The maximum absolute atomic E-state index is 12.5. The lowest BCUT2D eigenvalue weighted by atomic mass is 9.96. The zero-order valence-corrected chi connectivity index (χ0v) is 16.8. The first kappa shape index (κ1) is 19.9. The van der Waals surface area contributed by atoms with E-state index in [4.69, 9.17) is 0 Å². The predicted molar refractivity (Wildman–Crippen MR) is 105 cm³/mol. The standard InChI is InChI=1S/C20H28N2O4S/c1-3-14(2)18(23)22-16-6-4-5-15(11-16)13-21-19(24)17-12-20(17)7-9-27(25,26)10-8-20/h4-6,11,14,17H,3,7-10,12-13H2,1-2H3,(H,21,24)(H,22,23)/t14-,17-/m1/s1. The van der Waals surface area contributed by atoms with Gasteiger partial charge in [0.25, 0.3) is 0 Å². The second-order valence-corrected chi connectivity index (χ2v) is 10.3. The molecular weight excluding hydrogens is 364 g/mol. The van der Waals surface area contributed by atoms with E-state index in [0.29, 0.717) is 19.4 Å². The van der Waals surface area contributed by atoms with E-state index in [9.17, 15) is 18.0 Å². The summed E-state index contributed by atoms with van der Waals surface area (Å²) in [6.45, 7) is 4.26. The Bertz CT molecular complexity index is 820. The van der Waals surface area contributed by atoms with Gasteiger partial charge in [-0.25, -0.2) is 8.42 Å². The quantitative estimate of drug-likeness (QED) is 0.778. The fourth-order valence-corrected chi connectivity index (χ4v) is 5.38. The number of sulfone groups is 1. The zero-order chi connectivity index (χ0) is 19.7. The maximum Gasteiger partial charge on any atom is 0.227 e. The molecule has 3 rings (SSSR count). The molecule has 2 amide bonds. The Morgan fingerprint density at radius 3 is 2.63 bits per heavy atom. The average molecular weight is 393 g/mol. The van der Waals surface area contributed by atoms with Crippen LogP contribution in [0.3, 0.4) is 0 Å². The molecule has 2 aliphatic rings. The van der Waals surface area contributed by atoms with Crippen molar-refractivity contribution in [3.05, 3.63) is 29.8 Å². The van der Waals surface area contributed by atoms with Crippen LogP contribution in [0, 0.1) is 17.3 Å². The van der Waals surface area contributed by atoms with Crippen molar-refractivity contribution < 1.29 is 18.0 Å². The summed E-state index contributed by atoms with van der Waals surface area (Å²) < 4.78 is 23.2. The summed E-state index contributed by atoms with van der Waals surface area (Å²) in [6.07, 6.45) is 2.78. The van der Waals surface area contributed by atoms with Crippen LogP contribution in [0.25, 0.3) is 0 Å². The van der Waals surface area contributed by atoms with Gasteiger partial charge < -0.3 is 10.6 Å². The number of nitrogens with one attached hydrogen (secondary N) is 2. The lowest BCUT2D eigenvalue weighted by molar-refractivity contribution is -0.123. The van der Waals surface area contributed by atoms with Gasteiger partial charge in [0.2, 0.25) is 11.8 Å². The van der Waals surface area contributed by atoms with E-state index in [1.54, 1.807) is 0 Å². The fourth-order valence-electron chi connectivity index (χ4n) is 3.74. The Hall–Kier alpha value is -1.89. The molecule has 148 valence electrons. The van der Waals surface area contributed by atoms with Crippen LogP contribution in [-0.2, 0) is 26.0 Å². The first-order valence-electron chi connectivity index (χ1n) is 9.63. The summed E-state index contributed by atoms with van der Waals surface area (Å²) in [7, 11) is -2.91. The molecule has 1 aliphatic carbocycles. The summed E-state index contributed by atoms with van der Waals surface area (Å²) in [5.41, 5.74) is 1.56. The molecule has 0 bridgehead atoms. The van der Waals surface area contributed by atoms with Crippen LogP contribution in [0.1, 0.15) is 45.1 Å². The van der Waals surface area contributed by atoms with Crippen molar-refractivity contribution in [3.63, 3.8) is 0 Å². The van der Waals surface area contributed by atoms with Crippen LogP contribution in [-0.4, -0.2) is 31.7 Å². The van der Waals surface area contributed by atoms with Gasteiger partial charge in [0.15, 0.2) is 0 Å². The maximum atomic E-state index is 12.5. The molecule has 1 spiro atoms. The van der Waals surface area contributed by atoms with Crippen molar-refractivity contribution in [3.8, 4) is 0 Å². The van der Waals surface area contributed by atoms with E-state index in [2.05, 4.69) is 10.6 Å². The molecule has 1 aromatic rings. The third-order valence-corrected chi connectivity index (χ3v) is 7.70. The zero-order valence-electron chi connectivity index (χ0n) is 16.0. The molecule has 1 aliphatic heterocycles. The number of rotatable bonds is 6. The third-order valence-electron chi connectivity index (χ3n) is 6.05. The Morgan fingerprint density at radius 2 is 1.96 bits per heavy atom. The predicted octanol–water partition coefficient (Wildman–Crippen LogP) is 2.50. The molecule has 27 heavy (non-hydrogen) atoms. The van der Waals surface area contributed by atoms with E-state index in [-0.39, 0.29) is 40.6 Å². The molecular formula is C20H28N2O4S. The molecule has 2 N–H and O–H groups in total. The highest BCUT2D eigenvalue weighted by atomic mass is 32.2. The van der Waals surface area contributed by atoms with Crippen LogP contribution < -0.4 is 10.6 Å². The highest BCUT2D eigenvalue weighted by Crippen LogP contribution is 2.59. The SMILES string of the molecule is CC[C@@H](C)C(=O)Nc1cccc(CNC(=O)[C@H]2CC23CCS(=O)(=O)CC3)c1. The largest absolute Gasteiger partial charge is 0.352 e. The molecule has 2 atom stereocenters. The first-order chi connectivity index (χ1) is 12.7. The monoisotopic (exact) mass is 392 g/mol. The van der Waals surface area contributed by atoms with E-state index in [0.717, 1.165) is 24.1 Å². The summed E-state index contributed by atoms with van der Waals surface area (Å²) >= 11 is 0. The van der Waals surface area contributed by atoms with Gasteiger partial charge in [-0.05, 0) is 48.8 Å². The van der Waals surface area contributed by atoms with Gasteiger partial charge in [0.1, 0.15) is 9.84 Å². The minimum Gasteiger partial charge on any atom is -0.352 e. The van der Waals surface area contributed by atoms with Crippen molar-refractivity contribution in [2.45, 2.75) is 46.1 Å². The fraction of sp³-hybridized carbons (Fsp3) is 0.600. The van der Waals surface area contributed by atoms with Gasteiger partial charge in [0, 0.05) is 24.1 Å². The number of anilines is 1. The smallest absolute Gasteiger partial charge is 0.227 e. The summed E-state index contributed by atoms with van der Waals surface area (Å²) in [5.74, 6) is 0.290. The summed E-state index contributed by atoms with van der Waals surface area (Å²) in [4.78, 5) is 24.5. The second-order valence-electron chi connectivity index (χ2n) is 7.99. The van der Waals surface area contributed by atoms with Gasteiger partial charge in [0.05, 0.1) is 11.5 Å². The molecule has 7 heteroatoms. The van der Waals surface area contributed by atoms with Crippen molar-refractivity contribution in [1.29, 1.82) is 0 Å². The second kappa shape index (κ2) is 7.62. The Morgan fingerprint density at radius 1 is 1.26 bits per heavy atom. The Balaban J connectivity index is 1.51. The number of benzene rings is 1. The van der Waals surface area contributed by atoms with Crippen molar-refractivity contribution in [1.82, 2.24) is 5.32 Å². The third kappa shape index (κ3) is 4.69. The van der Waals surface area contributed by atoms with E-state index in [1.165, 1.54) is 0 Å². The topological polar surface area (TPSA) is 92.3 Å². The van der Waals surface area contributed by atoms with Crippen molar-refractivity contribution >= 4 is 27.3 Å². The molecule has 6 nitrogen and oxygen atoms in total. The minimum atomic E-state index is -2.91. The lowest BCUT2D eigenvalue weighted by Crippen LogP contribution is -2.31. The van der Waals surface area contributed by atoms with E-state index >= 15 is 0 Å². The lowest BCUT2D eigenvalue weighted by Gasteiger charge is -2.22. The highest BCUT2D eigenvalue weighted by molar-refractivity contribution is 7.91. The average Bonchev–Trinajstić information content (AvgIpc) is 3.36. The van der Waals surface area contributed by atoms with Crippen LogP contribution in [0.4, 0.5) is 5.69 Å². The number of amides is 2. The van der Waals surface area contributed by atoms with Crippen LogP contribution in [0.15, 0.2) is 24.3 Å². The molecule has 2 fully saturated rings. The minimum absolute atomic E-state index is 0.00309. The molecule has 1 heterocycles. The Labute approximate surface area is 161 Å². The number of carbonyl (C=O) groups is 2. The number of hydrogen-bond acceptors (Lipinski definition) is 4. The molecule has 1 aromatic carbocycles. The normalized spacial score (nSPS) is 23.4. The van der Waals surface area contributed by atoms with E-state index < -0.39 is 9.84 Å². The number of carbonyl (C=O) groups excluding carboxylic acids is 2. The Kier molecular flexibility index (Phi) is 5.60. The van der Waals surface area contributed by atoms with Crippen LogP contribution in [0.2, 0.25) is 0 Å². The van der Waals surface area contributed by atoms with Gasteiger partial charge in [-0.1, -0.05) is 26.0 Å². The van der Waals surface area contributed by atoms with Gasteiger partial charge in [-0.2, -0.15) is 0 Å². The van der Waals surface area contributed by atoms with Crippen molar-refractivity contribution in [2.24, 2.45) is 17.3 Å². The highest BCUT2D eigenvalue weighted by Gasteiger charge is 2.59. The summed E-state index contributed by atoms with van der Waals surface area (Å²) in [6, 6.07) is 7.48. The van der Waals surface area contributed by atoms with Gasteiger partial charge in [-0.3, -0.25) is 9.59 Å². The molecule has 0 aromatic heterocycles. The first-order valence-corrected chi connectivity index (χ1v) is 11.4.